The average Bonchev–Trinajstić information content (AvgIpc) is 3.01. The van der Waals surface area contributed by atoms with Gasteiger partial charge in [0.2, 0.25) is 10.0 Å². The van der Waals surface area contributed by atoms with Crippen molar-refractivity contribution in [3.63, 3.8) is 0 Å². The molecule has 1 aliphatic carbocycles. The largest absolute Gasteiger partial charge is 0.490 e. The molecule has 2 aliphatic heterocycles. The van der Waals surface area contributed by atoms with Crippen LogP contribution in [0.3, 0.4) is 0 Å². The zero-order valence-electron chi connectivity index (χ0n) is 18.5. The number of nitrogens with zero attached hydrogens (tertiary/aromatic N) is 3. The lowest BCUT2D eigenvalue weighted by molar-refractivity contribution is 0.135. The van der Waals surface area contributed by atoms with E-state index in [9.17, 15) is 8.42 Å². The summed E-state index contributed by atoms with van der Waals surface area (Å²) in [5, 5.41) is 8.93. The van der Waals surface area contributed by atoms with Gasteiger partial charge >= 0.3 is 0 Å². The number of allylic oxidation sites excluding steroid dienone is 3. The fraction of sp³-hybridized carbons (Fsp3) is 0.346. The Balaban J connectivity index is 1.19. The zero-order valence-corrected chi connectivity index (χ0v) is 19.3. The van der Waals surface area contributed by atoms with Crippen molar-refractivity contribution < 1.29 is 13.2 Å². The van der Waals surface area contributed by atoms with E-state index in [1.807, 2.05) is 6.07 Å². The van der Waals surface area contributed by atoms with E-state index in [2.05, 4.69) is 41.3 Å². The van der Waals surface area contributed by atoms with Gasteiger partial charge in [-0.3, -0.25) is 0 Å². The molecule has 5 rings (SSSR count). The maximum absolute atomic E-state index is 12.9. The van der Waals surface area contributed by atoms with Crippen LogP contribution in [0.1, 0.15) is 29.5 Å². The number of ether oxygens (including phenoxy) is 1. The lowest BCUT2D eigenvalue weighted by atomic mass is 10.0. The third-order valence-electron chi connectivity index (χ3n) is 6.70. The number of sulfonamides is 1. The second kappa shape index (κ2) is 9.05. The van der Waals surface area contributed by atoms with Crippen LogP contribution >= 0.6 is 0 Å². The molecule has 1 saturated heterocycles. The van der Waals surface area contributed by atoms with E-state index in [0.717, 1.165) is 31.7 Å². The average molecular weight is 462 g/mol. The van der Waals surface area contributed by atoms with E-state index < -0.39 is 10.0 Å². The molecule has 0 saturated carbocycles. The van der Waals surface area contributed by atoms with E-state index >= 15 is 0 Å². The van der Waals surface area contributed by atoms with Crippen molar-refractivity contribution in [1.29, 1.82) is 5.26 Å². The summed E-state index contributed by atoms with van der Waals surface area (Å²) in [6.07, 6.45) is 9.76. The zero-order chi connectivity index (χ0) is 22.8. The topological polar surface area (TPSA) is 73.6 Å². The molecule has 2 heterocycles. The predicted octanol–water partition coefficient (Wildman–Crippen LogP) is 3.64. The van der Waals surface area contributed by atoms with Crippen molar-refractivity contribution in [3.8, 4) is 11.8 Å². The van der Waals surface area contributed by atoms with Crippen molar-refractivity contribution in [2.75, 3.05) is 26.2 Å². The monoisotopic (exact) mass is 461 g/mol. The first kappa shape index (κ1) is 21.7. The second-order valence-corrected chi connectivity index (χ2v) is 10.7. The minimum absolute atomic E-state index is 0.00279. The summed E-state index contributed by atoms with van der Waals surface area (Å²) in [5.74, 6) is 0.873. The van der Waals surface area contributed by atoms with E-state index in [1.165, 1.54) is 33.3 Å². The van der Waals surface area contributed by atoms with Crippen LogP contribution in [0.4, 0.5) is 0 Å². The van der Waals surface area contributed by atoms with Gasteiger partial charge in [0, 0.05) is 31.9 Å². The number of nitriles is 1. The van der Waals surface area contributed by atoms with Gasteiger partial charge in [-0.1, -0.05) is 12.1 Å². The molecule has 0 atom stereocenters. The van der Waals surface area contributed by atoms with Gasteiger partial charge < -0.3 is 9.64 Å². The highest BCUT2D eigenvalue weighted by molar-refractivity contribution is 7.89. The van der Waals surface area contributed by atoms with Gasteiger partial charge in [-0.15, -0.1) is 0 Å². The summed E-state index contributed by atoms with van der Waals surface area (Å²) in [7, 11) is -3.55. The molecule has 0 spiro atoms. The van der Waals surface area contributed by atoms with E-state index in [-0.39, 0.29) is 11.0 Å². The molecule has 0 radical (unpaired) electrons. The fourth-order valence-electron chi connectivity index (χ4n) is 4.66. The van der Waals surface area contributed by atoms with Crippen molar-refractivity contribution in [1.82, 2.24) is 9.21 Å². The Hall–Kier alpha value is -3.08. The Labute approximate surface area is 195 Å². The molecule has 170 valence electrons. The fourth-order valence-corrected chi connectivity index (χ4v) is 6.13. The number of benzene rings is 2. The summed E-state index contributed by atoms with van der Waals surface area (Å²) in [6.45, 7) is 2.90. The summed E-state index contributed by atoms with van der Waals surface area (Å²) < 4.78 is 33.7. The van der Waals surface area contributed by atoms with Crippen molar-refractivity contribution in [3.05, 3.63) is 83.1 Å². The summed E-state index contributed by atoms with van der Waals surface area (Å²) >= 11 is 0. The normalized spacial score (nSPS) is 19.1. The first-order chi connectivity index (χ1) is 16.0. The lowest BCUT2D eigenvalue weighted by Crippen LogP contribution is -2.41. The van der Waals surface area contributed by atoms with Crippen LogP contribution in [0.5, 0.6) is 5.75 Å². The van der Waals surface area contributed by atoms with Crippen LogP contribution in [-0.4, -0.2) is 49.9 Å². The number of piperidine rings is 1. The van der Waals surface area contributed by atoms with E-state index in [1.54, 1.807) is 12.1 Å². The van der Waals surface area contributed by atoms with Crippen molar-refractivity contribution in [2.45, 2.75) is 36.7 Å². The van der Waals surface area contributed by atoms with Crippen LogP contribution < -0.4 is 4.74 Å². The highest BCUT2D eigenvalue weighted by atomic mass is 32.2. The smallest absolute Gasteiger partial charge is 0.243 e. The predicted molar refractivity (Wildman–Crippen MR) is 126 cm³/mol. The van der Waals surface area contributed by atoms with Gasteiger partial charge in [0.25, 0.3) is 0 Å². The third kappa shape index (κ3) is 4.54. The molecule has 3 aliphatic rings. The minimum atomic E-state index is -3.55. The third-order valence-corrected chi connectivity index (χ3v) is 8.62. The van der Waals surface area contributed by atoms with E-state index in [4.69, 9.17) is 10.00 Å². The van der Waals surface area contributed by atoms with Gasteiger partial charge in [-0.05, 0) is 85.4 Å². The Kier molecular flexibility index (Phi) is 5.96. The van der Waals surface area contributed by atoms with Crippen LogP contribution in [0.25, 0.3) is 0 Å². The first-order valence-corrected chi connectivity index (χ1v) is 12.9. The molecule has 0 aromatic heterocycles. The standard InChI is InChI=1S/C26H27N3O3S/c27-19-20-4-8-26(9-5-20)33(30,31)29-16-12-24(13-17-29)32-25-7-6-21-10-14-28(23-2-1-3-23)15-11-22(21)18-25/h1-9,18,24H,10-17H2. The van der Waals surface area contributed by atoms with Crippen LogP contribution in [0, 0.1) is 11.3 Å². The Morgan fingerprint density at radius 2 is 1.64 bits per heavy atom. The Bertz CT molecular complexity index is 1230. The Morgan fingerprint density at radius 3 is 2.27 bits per heavy atom. The van der Waals surface area contributed by atoms with Gasteiger partial charge in [0.15, 0.2) is 0 Å². The SMILES string of the molecule is N#Cc1ccc(S(=O)(=O)N2CCC(Oc3ccc4c(c3)CCN(C3=CC=C3)CC4)CC2)cc1. The molecule has 0 unspecified atom stereocenters. The maximum Gasteiger partial charge on any atom is 0.243 e. The van der Waals surface area contributed by atoms with Crippen molar-refractivity contribution >= 4 is 10.0 Å². The lowest BCUT2D eigenvalue weighted by Gasteiger charge is -2.31. The molecule has 0 amide bonds. The molecule has 2 aromatic rings. The summed E-state index contributed by atoms with van der Waals surface area (Å²) in [6, 6.07) is 14.5. The number of fused-ring (bicyclic) bond motifs is 1. The van der Waals surface area contributed by atoms with Crippen LogP contribution in [0.15, 0.2) is 71.3 Å². The van der Waals surface area contributed by atoms with Crippen molar-refractivity contribution in [2.24, 2.45) is 0 Å². The molecule has 33 heavy (non-hydrogen) atoms. The van der Waals surface area contributed by atoms with Crippen LogP contribution in [0.2, 0.25) is 0 Å². The van der Waals surface area contributed by atoms with E-state index in [0.29, 0.717) is 31.5 Å². The highest BCUT2D eigenvalue weighted by Crippen LogP contribution is 2.28. The van der Waals surface area contributed by atoms with Gasteiger partial charge in [-0.25, -0.2) is 8.42 Å². The Morgan fingerprint density at radius 1 is 0.939 bits per heavy atom. The quantitative estimate of drug-likeness (QED) is 0.680. The molecule has 0 N–H and O–H groups in total. The molecular weight excluding hydrogens is 434 g/mol. The molecule has 0 bridgehead atoms. The molecule has 1 fully saturated rings. The minimum Gasteiger partial charge on any atom is -0.490 e. The maximum atomic E-state index is 12.9. The van der Waals surface area contributed by atoms with Gasteiger partial charge in [0.05, 0.1) is 16.5 Å². The number of rotatable bonds is 5. The highest BCUT2D eigenvalue weighted by Gasteiger charge is 2.30. The number of hydrogen-bond acceptors (Lipinski definition) is 5. The van der Waals surface area contributed by atoms with Crippen LogP contribution in [-0.2, 0) is 22.9 Å². The summed E-state index contributed by atoms with van der Waals surface area (Å²) in [5.41, 5.74) is 4.50. The molecule has 6 nitrogen and oxygen atoms in total. The van der Waals surface area contributed by atoms with Gasteiger partial charge in [-0.2, -0.15) is 9.57 Å². The van der Waals surface area contributed by atoms with Gasteiger partial charge in [0.1, 0.15) is 11.9 Å². The summed E-state index contributed by atoms with van der Waals surface area (Å²) in [4.78, 5) is 2.67. The number of hydrogen-bond donors (Lipinski definition) is 0. The molecule has 7 heteroatoms. The second-order valence-electron chi connectivity index (χ2n) is 8.73. The molecule has 2 aromatic carbocycles. The first-order valence-electron chi connectivity index (χ1n) is 11.4. The molecular formula is C26H27N3O3S.